The zero-order valence-corrected chi connectivity index (χ0v) is 9.08. The molecule has 0 aliphatic heterocycles. The van der Waals surface area contributed by atoms with Crippen molar-refractivity contribution in [3.8, 4) is 0 Å². The summed E-state index contributed by atoms with van der Waals surface area (Å²) in [7, 11) is 0. The van der Waals surface area contributed by atoms with E-state index in [9.17, 15) is 15.0 Å². The van der Waals surface area contributed by atoms with Crippen molar-refractivity contribution in [1.29, 1.82) is 0 Å². The molecule has 0 heterocycles. The second-order valence-electron chi connectivity index (χ2n) is 4.37. The third kappa shape index (κ3) is 3.64. The SMILES string of the molecule is CCCCC(C)(C)C(O)(O)CC(=O)O. The number of hydrogen-bond donors (Lipinski definition) is 3. The van der Waals surface area contributed by atoms with Gasteiger partial charge in [0.25, 0.3) is 0 Å². The third-order valence-electron chi connectivity index (χ3n) is 2.64. The summed E-state index contributed by atoms with van der Waals surface area (Å²) in [5.74, 6) is -3.33. The third-order valence-corrected chi connectivity index (χ3v) is 2.64. The van der Waals surface area contributed by atoms with E-state index in [1.165, 1.54) is 0 Å². The summed E-state index contributed by atoms with van der Waals surface area (Å²) in [5.41, 5.74) is -0.790. The molecule has 0 fully saturated rings. The Labute approximate surface area is 84.6 Å². The molecule has 0 radical (unpaired) electrons. The summed E-state index contributed by atoms with van der Waals surface area (Å²) in [6, 6.07) is 0. The van der Waals surface area contributed by atoms with E-state index >= 15 is 0 Å². The van der Waals surface area contributed by atoms with Gasteiger partial charge in [0.05, 0.1) is 6.42 Å². The Morgan fingerprint density at radius 1 is 1.29 bits per heavy atom. The summed E-state index contributed by atoms with van der Waals surface area (Å²) in [5, 5.41) is 27.7. The highest BCUT2D eigenvalue weighted by Gasteiger charge is 2.42. The molecule has 0 aromatic heterocycles. The van der Waals surface area contributed by atoms with Crippen molar-refractivity contribution in [2.45, 2.75) is 52.2 Å². The van der Waals surface area contributed by atoms with E-state index in [0.717, 1.165) is 12.8 Å². The number of aliphatic carboxylic acids is 1. The minimum absolute atomic E-state index is 0.601. The molecule has 0 atom stereocenters. The quantitative estimate of drug-likeness (QED) is 0.571. The molecule has 0 spiro atoms. The smallest absolute Gasteiger partial charge is 0.308 e. The standard InChI is InChI=1S/C10H20O4/c1-4-5-6-9(2,3)10(13,14)7-8(11)12/h13-14H,4-7H2,1-3H3,(H,11,12). The largest absolute Gasteiger partial charge is 0.481 e. The summed E-state index contributed by atoms with van der Waals surface area (Å²) in [6.07, 6.45) is 1.77. The Bertz CT molecular complexity index is 196. The lowest BCUT2D eigenvalue weighted by Gasteiger charge is -2.37. The Kier molecular flexibility index (Phi) is 4.55. The average Bonchev–Trinajstić information content (AvgIpc) is 1.98. The van der Waals surface area contributed by atoms with Crippen molar-refractivity contribution in [3.05, 3.63) is 0 Å². The van der Waals surface area contributed by atoms with E-state index in [4.69, 9.17) is 5.11 Å². The molecule has 0 unspecified atom stereocenters. The summed E-state index contributed by atoms with van der Waals surface area (Å²) in [6.45, 7) is 5.35. The number of carboxylic acid groups (broad SMARTS) is 1. The van der Waals surface area contributed by atoms with Gasteiger partial charge in [0.1, 0.15) is 0 Å². The number of rotatable bonds is 6. The van der Waals surface area contributed by atoms with Gasteiger partial charge < -0.3 is 15.3 Å². The average molecular weight is 204 g/mol. The Balaban J connectivity index is 4.43. The first-order chi connectivity index (χ1) is 6.23. The fourth-order valence-corrected chi connectivity index (χ4v) is 1.27. The molecule has 3 N–H and O–H groups in total. The highest BCUT2D eigenvalue weighted by atomic mass is 16.5. The fraction of sp³-hybridized carbons (Fsp3) is 0.900. The predicted molar refractivity (Wildman–Crippen MR) is 52.7 cm³/mol. The molecule has 4 nitrogen and oxygen atoms in total. The number of carboxylic acids is 1. The van der Waals surface area contributed by atoms with Gasteiger partial charge in [-0.1, -0.05) is 33.6 Å². The summed E-state index contributed by atoms with van der Waals surface area (Å²) in [4.78, 5) is 10.4. The molecule has 0 aliphatic carbocycles. The normalized spacial score (nSPS) is 12.9. The molecule has 0 saturated heterocycles. The maximum absolute atomic E-state index is 10.4. The topological polar surface area (TPSA) is 77.8 Å². The monoisotopic (exact) mass is 204 g/mol. The number of aliphatic hydroxyl groups is 2. The van der Waals surface area contributed by atoms with Crippen LogP contribution in [0.15, 0.2) is 0 Å². The number of carbonyl (C=O) groups is 1. The maximum Gasteiger partial charge on any atom is 0.308 e. The van der Waals surface area contributed by atoms with Crippen LogP contribution in [0.4, 0.5) is 0 Å². The molecule has 4 heteroatoms. The van der Waals surface area contributed by atoms with Crippen molar-refractivity contribution in [2.75, 3.05) is 0 Å². The van der Waals surface area contributed by atoms with E-state index in [-0.39, 0.29) is 0 Å². The molecule has 0 aromatic carbocycles. The van der Waals surface area contributed by atoms with E-state index in [1.807, 2.05) is 6.92 Å². The molecule has 14 heavy (non-hydrogen) atoms. The first-order valence-electron chi connectivity index (χ1n) is 4.89. The molecule has 84 valence electrons. The van der Waals surface area contributed by atoms with Gasteiger partial charge in [0, 0.05) is 5.41 Å². The molecule has 0 saturated carbocycles. The first kappa shape index (κ1) is 13.4. The lowest BCUT2D eigenvalue weighted by Crippen LogP contribution is -2.46. The summed E-state index contributed by atoms with van der Waals surface area (Å²) < 4.78 is 0. The minimum Gasteiger partial charge on any atom is -0.481 e. The zero-order valence-electron chi connectivity index (χ0n) is 9.08. The molecule has 0 aromatic rings. The molecule has 0 amide bonds. The summed E-state index contributed by atoms with van der Waals surface area (Å²) >= 11 is 0. The lowest BCUT2D eigenvalue weighted by molar-refractivity contribution is -0.240. The van der Waals surface area contributed by atoms with E-state index in [1.54, 1.807) is 13.8 Å². The van der Waals surface area contributed by atoms with Gasteiger partial charge in [-0.15, -0.1) is 0 Å². The van der Waals surface area contributed by atoms with Crippen molar-refractivity contribution in [3.63, 3.8) is 0 Å². The Morgan fingerprint density at radius 3 is 2.14 bits per heavy atom. The Hall–Kier alpha value is -0.610. The fourth-order valence-electron chi connectivity index (χ4n) is 1.27. The van der Waals surface area contributed by atoms with Gasteiger partial charge in [-0.2, -0.15) is 0 Å². The van der Waals surface area contributed by atoms with Crippen molar-refractivity contribution in [2.24, 2.45) is 5.41 Å². The van der Waals surface area contributed by atoms with Crippen LogP contribution in [0.5, 0.6) is 0 Å². The molecule has 0 aliphatic rings. The number of hydrogen-bond acceptors (Lipinski definition) is 3. The van der Waals surface area contributed by atoms with Crippen molar-refractivity contribution < 1.29 is 20.1 Å². The molecule has 0 bridgehead atoms. The second-order valence-corrected chi connectivity index (χ2v) is 4.37. The maximum atomic E-state index is 10.4. The lowest BCUT2D eigenvalue weighted by atomic mass is 9.77. The minimum atomic E-state index is -2.13. The highest BCUT2D eigenvalue weighted by molar-refractivity contribution is 5.67. The molecular weight excluding hydrogens is 184 g/mol. The van der Waals surface area contributed by atoms with Crippen LogP contribution in [0.3, 0.4) is 0 Å². The van der Waals surface area contributed by atoms with Crippen molar-refractivity contribution in [1.82, 2.24) is 0 Å². The van der Waals surface area contributed by atoms with Crippen molar-refractivity contribution >= 4 is 5.97 Å². The van der Waals surface area contributed by atoms with E-state index in [0.29, 0.717) is 6.42 Å². The van der Waals surface area contributed by atoms with Crippen LogP contribution in [-0.4, -0.2) is 27.1 Å². The molecule has 0 rings (SSSR count). The van der Waals surface area contributed by atoms with Crippen LogP contribution in [0.25, 0.3) is 0 Å². The van der Waals surface area contributed by atoms with Crippen LogP contribution in [0.1, 0.15) is 46.5 Å². The van der Waals surface area contributed by atoms with Crippen LogP contribution in [0.2, 0.25) is 0 Å². The van der Waals surface area contributed by atoms with Gasteiger partial charge in [-0.3, -0.25) is 4.79 Å². The second kappa shape index (κ2) is 4.75. The van der Waals surface area contributed by atoms with Gasteiger partial charge in [-0.25, -0.2) is 0 Å². The van der Waals surface area contributed by atoms with Crippen LogP contribution in [0, 0.1) is 5.41 Å². The van der Waals surface area contributed by atoms with Gasteiger partial charge in [0.2, 0.25) is 0 Å². The van der Waals surface area contributed by atoms with Gasteiger partial charge in [-0.05, 0) is 6.42 Å². The van der Waals surface area contributed by atoms with E-state index < -0.39 is 23.6 Å². The van der Waals surface area contributed by atoms with Crippen LogP contribution < -0.4 is 0 Å². The highest BCUT2D eigenvalue weighted by Crippen LogP contribution is 2.36. The molecular formula is C10H20O4. The van der Waals surface area contributed by atoms with Gasteiger partial charge in [0.15, 0.2) is 5.79 Å². The van der Waals surface area contributed by atoms with E-state index in [2.05, 4.69) is 0 Å². The van der Waals surface area contributed by atoms with Gasteiger partial charge >= 0.3 is 5.97 Å². The predicted octanol–water partition coefficient (Wildman–Crippen LogP) is 1.36. The number of unbranched alkanes of at least 4 members (excludes halogenated alkanes) is 1. The first-order valence-corrected chi connectivity index (χ1v) is 4.89. The zero-order chi connectivity index (χ0) is 11.4. The van der Waals surface area contributed by atoms with Crippen LogP contribution >= 0.6 is 0 Å². The Morgan fingerprint density at radius 2 is 1.79 bits per heavy atom. The van der Waals surface area contributed by atoms with Crippen LogP contribution in [-0.2, 0) is 4.79 Å².